The molecule has 0 bridgehead atoms. The molecule has 0 saturated heterocycles. The van der Waals surface area contributed by atoms with Crippen molar-refractivity contribution >= 4 is 34.2 Å². The lowest BCUT2D eigenvalue weighted by atomic mass is 10.1. The number of hydrogen-bond acceptors (Lipinski definition) is 4. The molecule has 2 amide bonds. The van der Waals surface area contributed by atoms with E-state index < -0.39 is 0 Å². The molecule has 1 aromatic heterocycles. The minimum atomic E-state index is -0.293. The molecule has 7 heteroatoms. The topological polar surface area (TPSA) is 90.4 Å². The van der Waals surface area contributed by atoms with Gasteiger partial charge in [0.05, 0.1) is 23.3 Å². The van der Waals surface area contributed by atoms with Crippen molar-refractivity contribution in [2.45, 2.75) is 19.4 Å². The highest BCUT2D eigenvalue weighted by Gasteiger charge is 2.25. The van der Waals surface area contributed by atoms with E-state index in [4.69, 9.17) is 0 Å². The van der Waals surface area contributed by atoms with Crippen LogP contribution in [0.15, 0.2) is 59.7 Å². The van der Waals surface area contributed by atoms with Gasteiger partial charge in [0.15, 0.2) is 0 Å². The van der Waals surface area contributed by atoms with Gasteiger partial charge in [-0.25, -0.2) is 9.99 Å². The SMILES string of the molecule is O=C(NCc1nc2ccccc2[nH]1)C1=NN(c2ccccc2)C(=O)CC1. The standard InChI is InChI=1S/C19H17N5O2/c25-18-11-10-16(23-24(18)13-6-2-1-3-7-13)19(26)20-12-17-21-14-8-4-5-9-15(14)22-17/h1-9H,10-12H2,(H,20,26)(H,21,22). The molecule has 0 aliphatic carbocycles. The van der Waals surface area contributed by atoms with Crippen molar-refractivity contribution in [3.63, 3.8) is 0 Å². The Balaban J connectivity index is 1.47. The van der Waals surface area contributed by atoms with E-state index in [1.54, 1.807) is 12.1 Å². The van der Waals surface area contributed by atoms with Crippen LogP contribution in [0.2, 0.25) is 0 Å². The van der Waals surface area contributed by atoms with Gasteiger partial charge in [-0.1, -0.05) is 30.3 Å². The van der Waals surface area contributed by atoms with E-state index in [-0.39, 0.29) is 24.8 Å². The van der Waals surface area contributed by atoms with E-state index >= 15 is 0 Å². The van der Waals surface area contributed by atoms with E-state index in [1.807, 2.05) is 42.5 Å². The lowest BCUT2D eigenvalue weighted by Gasteiger charge is -2.23. The van der Waals surface area contributed by atoms with Crippen LogP contribution in [0.4, 0.5) is 5.69 Å². The molecule has 0 unspecified atom stereocenters. The predicted molar refractivity (Wildman–Crippen MR) is 98.5 cm³/mol. The quantitative estimate of drug-likeness (QED) is 0.759. The molecule has 0 fully saturated rings. The lowest BCUT2D eigenvalue weighted by Crippen LogP contribution is -2.39. The number of hydrogen-bond donors (Lipinski definition) is 2. The van der Waals surface area contributed by atoms with Crippen LogP contribution < -0.4 is 10.3 Å². The molecule has 2 aromatic carbocycles. The van der Waals surface area contributed by atoms with E-state index in [1.165, 1.54) is 5.01 Å². The van der Waals surface area contributed by atoms with Gasteiger partial charge in [-0.15, -0.1) is 0 Å². The molecule has 0 saturated carbocycles. The number of anilines is 1. The van der Waals surface area contributed by atoms with Gasteiger partial charge in [-0.3, -0.25) is 9.59 Å². The largest absolute Gasteiger partial charge is 0.344 e. The third kappa shape index (κ3) is 3.19. The number of carbonyl (C=O) groups is 2. The monoisotopic (exact) mass is 347 g/mol. The highest BCUT2D eigenvalue weighted by atomic mass is 16.2. The van der Waals surface area contributed by atoms with Crippen LogP contribution in [-0.2, 0) is 16.1 Å². The molecule has 130 valence electrons. The van der Waals surface area contributed by atoms with E-state index in [0.29, 0.717) is 23.6 Å². The summed E-state index contributed by atoms with van der Waals surface area (Å²) in [5.74, 6) is 0.260. The summed E-state index contributed by atoms with van der Waals surface area (Å²) in [5, 5.41) is 8.35. The Kier molecular flexibility index (Phi) is 4.18. The van der Waals surface area contributed by atoms with Crippen molar-refractivity contribution in [2.75, 3.05) is 5.01 Å². The van der Waals surface area contributed by atoms with Crippen LogP contribution in [0, 0.1) is 0 Å². The van der Waals surface area contributed by atoms with Crippen LogP contribution >= 0.6 is 0 Å². The van der Waals surface area contributed by atoms with Crippen LogP contribution in [-0.4, -0.2) is 27.5 Å². The van der Waals surface area contributed by atoms with Crippen LogP contribution in [0.5, 0.6) is 0 Å². The summed E-state index contributed by atoms with van der Waals surface area (Å²) in [6.07, 6.45) is 0.583. The Morgan fingerprint density at radius 3 is 2.65 bits per heavy atom. The summed E-state index contributed by atoms with van der Waals surface area (Å²) in [7, 11) is 0. The molecule has 7 nitrogen and oxygen atoms in total. The minimum absolute atomic E-state index is 0.120. The number of nitrogens with zero attached hydrogens (tertiary/aromatic N) is 3. The fourth-order valence-corrected chi connectivity index (χ4v) is 2.84. The highest BCUT2D eigenvalue weighted by Crippen LogP contribution is 2.19. The second kappa shape index (κ2) is 6.79. The summed E-state index contributed by atoms with van der Waals surface area (Å²) < 4.78 is 0. The number of aromatic nitrogens is 2. The average molecular weight is 347 g/mol. The number of hydrazone groups is 1. The van der Waals surface area contributed by atoms with Gasteiger partial charge in [0.2, 0.25) is 5.91 Å². The number of amides is 2. The number of imidazole rings is 1. The molecule has 3 aromatic rings. The van der Waals surface area contributed by atoms with Crippen molar-refractivity contribution < 1.29 is 9.59 Å². The number of para-hydroxylation sites is 3. The van der Waals surface area contributed by atoms with Crippen molar-refractivity contribution in [3.8, 4) is 0 Å². The molecule has 2 heterocycles. The Labute approximate surface area is 149 Å². The number of carbonyl (C=O) groups excluding carboxylic acids is 2. The van der Waals surface area contributed by atoms with E-state index in [2.05, 4.69) is 20.4 Å². The number of benzene rings is 2. The van der Waals surface area contributed by atoms with Crippen molar-refractivity contribution in [1.82, 2.24) is 15.3 Å². The third-order valence-electron chi connectivity index (χ3n) is 4.15. The zero-order valence-corrected chi connectivity index (χ0v) is 14.0. The second-order valence-electron chi connectivity index (χ2n) is 5.97. The molecule has 2 N–H and O–H groups in total. The van der Waals surface area contributed by atoms with Gasteiger partial charge >= 0.3 is 0 Å². The molecular formula is C19H17N5O2. The fraction of sp³-hybridized carbons (Fsp3) is 0.158. The van der Waals surface area contributed by atoms with Crippen molar-refractivity contribution in [3.05, 3.63) is 60.4 Å². The number of fused-ring (bicyclic) bond motifs is 1. The Morgan fingerprint density at radius 2 is 1.85 bits per heavy atom. The van der Waals surface area contributed by atoms with E-state index in [0.717, 1.165) is 11.0 Å². The third-order valence-corrected chi connectivity index (χ3v) is 4.15. The van der Waals surface area contributed by atoms with Gasteiger partial charge in [0.25, 0.3) is 5.91 Å². The van der Waals surface area contributed by atoms with Crippen LogP contribution in [0.1, 0.15) is 18.7 Å². The Morgan fingerprint density at radius 1 is 1.08 bits per heavy atom. The molecule has 0 spiro atoms. The normalized spacial score (nSPS) is 14.4. The van der Waals surface area contributed by atoms with Gasteiger partial charge in [0.1, 0.15) is 11.5 Å². The first-order chi connectivity index (χ1) is 12.7. The van der Waals surface area contributed by atoms with Gasteiger partial charge in [-0.2, -0.15) is 5.10 Å². The summed E-state index contributed by atoms with van der Waals surface area (Å²) in [4.78, 5) is 32.2. The van der Waals surface area contributed by atoms with E-state index in [9.17, 15) is 9.59 Å². The number of aromatic amines is 1. The number of H-pyrrole nitrogens is 1. The van der Waals surface area contributed by atoms with Crippen molar-refractivity contribution in [2.24, 2.45) is 5.10 Å². The summed E-state index contributed by atoms with van der Waals surface area (Å²) >= 11 is 0. The first-order valence-electron chi connectivity index (χ1n) is 8.38. The molecule has 26 heavy (non-hydrogen) atoms. The second-order valence-corrected chi connectivity index (χ2v) is 5.97. The lowest BCUT2D eigenvalue weighted by molar-refractivity contribution is -0.119. The molecule has 0 atom stereocenters. The predicted octanol–water partition coefficient (Wildman–Crippen LogP) is 2.36. The summed E-state index contributed by atoms with van der Waals surface area (Å²) in [5.41, 5.74) is 2.77. The molecule has 1 aliphatic rings. The maximum absolute atomic E-state index is 12.4. The zero-order valence-electron chi connectivity index (χ0n) is 14.0. The molecule has 4 rings (SSSR count). The summed E-state index contributed by atoms with van der Waals surface area (Å²) in [6.45, 7) is 0.270. The highest BCUT2D eigenvalue weighted by molar-refractivity contribution is 6.40. The minimum Gasteiger partial charge on any atom is -0.344 e. The smallest absolute Gasteiger partial charge is 0.267 e. The Bertz CT molecular complexity index is 960. The molecular weight excluding hydrogens is 330 g/mol. The first kappa shape index (κ1) is 16.0. The fourth-order valence-electron chi connectivity index (χ4n) is 2.84. The maximum Gasteiger partial charge on any atom is 0.267 e. The molecule has 0 radical (unpaired) electrons. The van der Waals surface area contributed by atoms with Crippen LogP contribution in [0.25, 0.3) is 11.0 Å². The average Bonchev–Trinajstić information content (AvgIpc) is 3.10. The van der Waals surface area contributed by atoms with Crippen LogP contribution in [0.3, 0.4) is 0 Å². The first-order valence-corrected chi connectivity index (χ1v) is 8.38. The van der Waals surface area contributed by atoms with Gasteiger partial charge in [-0.05, 0) is 24.3 Å². The van der Waals surface area contributed by atoms with Gasteiger partial charge in [0, 0.05) is 12.8 Å². The zero-order chi connectivity index (χ0) is 17.9. The Hall–Kier alpha value is -3.48. The summed E-state index contributed by atoms with van der Waals surface area (Å²) in [6, 6.07) is 16.8. The number of nitrogens with one attached hydrogen (secondary N) is 2. The maximum atomic E-state index is 12.4. The van der Waals surface area contributed by atoms with Crippen molar-refractivity contribution in [1.29, 1.82) is 0 Å². The number of rotatable bonds is 4. The molecule has 1 aliphatic heterocycles. The van der Waals surface area contributed by atoms with Gasteiger partial charge < -0.3 is 10.3 Å².